The second kappa shape index (κ2) is 8.43. The molecule has 1 fully saturated rings. The average Bonchev–Trinajstić information content (AvgIpc) is 2.97. The number of rotatable bonds is 5. The smallest absolute Gasteiger partial charge is 0.123 e. The molecule has 0 amide bonds. The Kier molecular flexibility index (Phi) is 6.57. The summed E-state index contributed by atoms with van der Waals surface area (Å²) in [6.07, 6.45) is 6.48. The van der Waals surface area contributed by atoms with Gasteiger partial charge in [-0.1, -0.05) is 12.1 Å². The minimum Gasteiger partial charge on any atom is -0.330 e. The van der Waals surface area contributed by atoms with Crippen molar-refractivity contribution in [2.45, 2.75) is 25.9 Å². The van der Waals surface area contributed by atoms with Crippen molar-refractivity contribution in [2.24, 2.45) is 11.7 Å². The highest BCUT2D eigenvalue weighted by Crippen LogP contribution is 2.17. The Morgan fingerprint density at radius 1 is 1.17 bits per heavy atom. The van der Waals surface area contributed by atoms with Gasteiger partial charge in [0.25, 0.3) is 0 Å². The van der Waals surface area contributed by atoms with Crippen molar-refractivity contribution in [1.29, 1.82) is 0 Å². The molecule has 1 saturated heterocycles. The first-order chi connectivity index (χ1) is 10.7. The Bertz CT molecular complexity index is 599. The Hall–Kier alpha value is -1.43. The minimum atomic E-state index is -0.204. The van der Waals surface area contributed by atoms with E-state index in [0.717, 1.165) is 31.7 Å². The molecule has 4 nitrogen and oxygen atoms in total. The number of benzene rings is 1. The van der Waals surface area contributed by atoms with Gasteiger partial charge in [0.05, 0.1) is 12.7 Å². The largest absolute Gasteiger partial charge is 0.330 e. The molecule has 0 radical (unpaired) electrons. The maximum Gasteiger partial charge on any atom is 0.123 e. The summed E-state index contributed by atoms with van der Waals surface area (Å²) in [5.74, 6) is 0.424. The zero-order valence-corrected chi connectivity index (χ0v) is 14.0. The van der Waals surface area contributed by atoms with E-state index in [0.29, 0.717) is 12.5 Å². The summed E-state index contributed by atoms with van der Waals surface area (Å²) in [6, 6.07) is 6.57. The number of aromatic nitrogens is 2. The number of halogens is 2. The van der Waals surface area contributed by atoms with Crippen molar-refractivity contribution in [1.82, 2.24) is 14.7 Å². The number of hydrogen-bond acceptors (Lipinski definition) is 3. The molecule has 1 unspecified atom stereocenters. The standard InChI is InChI=1S/C17H23FN4.ClH/c18-17-5-3-14(4-6-17)12-22-13-16(9-20-22)11-21-7-1-2-15(8-19)10-21;/h3-6,9,13,15H,1-2,7-8,10-12,19H2;1H. The van der Waals surface area contributed by atoms with Crippen molar-refractivity contribution in [3.8, 4) is 0 Å². The van der Waals surface area contributed by atoms with Crippen LogP contribution in [0.5, 0.6) is 0 Å². The summed E-state index contributed by atoms with van der Waals surface area (Å²) in [5, 5.41) is 4.41. The SMILES string of the molecule is Cl.NCC1CCCN(Cc2cnn(Cc3ccc(F)cc3)c2)C1. The zero-order chi connectivity index (χ0) is 15.4. The molecule has 0 aliphatic carbocycles. The van der Waals surface area contributed by atoms with E-state index in [1.54, 1.807) is 12.1 Å². The van der Waals surface area contributed by atoms with E-state index in [1.807, 2.05) is 10.9 Å². The molecule has 0 saturated carbocycles. The van der Waals surface area contributed by atoms with E-state index in [1.165, 1.54) is 30.5 Å². The predicted octanol–water partition coefficient (Wildman–Crippen LogP) is 2.66. The fraction of sp³-hybridized carbons (Fsp3) is 0.471. The van der Waals surface area contributed by atoms with Crippen molar-refractivity contribution in [3.05, 3.63) is 53.6 Å². The first-order valence-electron chi connectivity index (χ1n) is 7.91. The highest BCUT2D eigenvalue weighted by atomic mass is 35.5. The van der Waals surface area contributed by atoms with Crippen molar-refractivity contribution >= 4 is 12.4 Å². The van der Waals surface area contributed by atoms with E-state index in [2.05, 4.69) is 16.2 Å². The molecule has 2 heterocycles. The molecule has 1 aliphatic heterocycles. The van der Waals surface area contributed by atoms with E-state index >= 15 is 0 Å². The van der Waals surface area contributed by atoms with Gasteiger partial charge in [-0.05, 0) is 49.5 Å². The summed E-state index contributed by atoms with van der Waals surface area (Å²) in [4.78, 5) is 2.46. The minimum absolute atomic E-state index is 0. The number of hydrogen-bond donors (Lipinski definition) is 1. The lowest BCUT2D eigenvalue weighted by atomic mass is 9.98. The first-order valence-corrected chi connectivity index (χ1v) is 7.91. The molecule has 23 heavy (non-hydrogen) atoms. The summed E-state index contributed by atoms with van der Waals surface area (Å²) in [6.45, 7) is 4.60. The molecule has 1 atom stereocenters. The van der Waals surface area contributed by atoms with Gasteiger partial charge in [-0.2, -0.15) is 5.10 Å². The Morgan fingerprint density at radius 3 is 2.70 bits per heavy atom. The van der Waals surface area contributed by atoms with Gasteiger partial charge in [0.1, 0.15) is 5.82 Å². The van der Waals surface area contributed by atoms with Gasteiger partial charge in [-0.25, -0.2) is 4.39 Å². The molecular formula is C17H24ClFN4. The van der Waals surface area contributed by atoms with Crippen LogP contribution in [0.2, 0.25) is 0 Å². The maximum absolute atomic E-state index is 12.9. The van der Waals surface area contributed by atoms with Crippen LogP contribution in [0.25, 0.3) is 0 Å². The van der Waals surface area contributed by atoms with E-state index in [9.17, 15) is 4.39 Å². The highest BCUT2D eigenvalue weighted by Gasteiger charge is 2.19. The van der Waals surface area contributed by atoms with Crippen molar-refractivity contribution in [3.63, 3.8) is 0 Å². The normalized spacial score (nSPS) is 18.6. The molecule has 1 aromatic heterocycles. The maximum atomic E-state index is 12.9. The number of nitrogens with two attached hydrogens (primary N) is 1. The van der Waals surface area contributed by atoms with Gasteiger partial charge in [-0.3, -0.25) is 9.58 Å². The van der Waals surface area contributed by atoms with E-state index in [4.69, 9.17) is 5.73 Å². The molecule has 3 rings (SSSR count). The van der Waals surface area contributed by atoms with Crippen LogP contribution < -0.4 is 5.73 Å². The molecular weight excluding hydrogens is 315 g/mol. The highest BCUT2D eigenvalue weighted by molar-refractivity contribution is 5.85. The lowest BCUT2D eigenvalue weighted by Gasteiger charge is -2.31. The molecule has 1 aromatic carbocycles. The van der Waals surface area contributed by atoms with Gasteiger partial charge in [0.2, 0.25) is 0 Å². The van der Waals surface area contributed by atoms with Gasteiger partial charge in [0.15, 0.2) is 0 Å². The summed E-state index contributed by atoms with van der Waals surface area (Å²) >= 11 is 0. The topological polar surface area (TPSA) is 47.1 Å². The molecule has 2 N–H and O–H groups in total. The third-order valence-electron chi connectivity index (χ3n) is 4.29. The molecule has 0 bridgehead atoms. The lowest BCUT2D eigenvalue weighted by Crippen LogP contribution is -2.37. The molecule has 126 valence electrons. The Labute approximate surface area is 142 Å². The van der Waals surface area contributed by atoms with Gasteiger partial charge in [-0.15, -0.1) is 12.4 Å². The quantitative estimate of drug-likeness (QED) is 0.911. The lowest BCUT2D eigenvalue weighted by molar-refractivity contribution is 0.171. The van der Waals surface area contributed by atoms with Crippen LogP contribution in [0, 0.1) is 11.7 Å². The number of nitrogens with zero attached hydrogens (tertiary/aromatic N) is 3. The average molecular weight is 339 g/mol. The fourth-order valence-corrected chi connectivity index (χ4v) is 3.10. The van der Waals surface area contributed by atoms with E-state index < -0.39 is 0 Å². The molecule has 1 aliphatic rings. The molecule has 2 aromatic rings. The monoisotopic (exact) mass is 338 g/mol. The van der Waals surface area contributed by atoms with Gasteiger partial charge >= 0.3 is 0 Å². The number of piperidine rings is 1. The zero-order valence-electron chi connectivity index (χ0n) is 13.2. The van der Waals surface area contributed by atoms with E-state index in [-0.39, 0.29) is 18.2 Å². The summed E-state index contributed by atoms with van der Waals surface area (Å²) < 4.78 is 14.8. The third-order valence-corrected chi connectivity index (χ3v) is 4.29. The summed E-state index contributed by atoms with van der Waals surface area (Å²) in [7, 11) is 0. The van der Waals surface area contributed by atoms with Gasteiger partial charge < -0.3 is 5.73 Å². The fourth-order valence-electron chi connectivity index (χ4n) is 3.10. The molecule has 0 spiro atoms. The number of likely N-dealkylation sites (tertiary alicyclic amines) is 1. The predicted molar refractivity (Wildman–Crippen MR) is 92.0 cm³/mol. The van der Waals surface area contributed by atoms with Gasteiger partial charge in [0, 0.05) is 24.8 Å². The van der Waals surface area contributed by atoms with Crippen LogP contribution in [0.4, 0.5) is 4.39 Å². The van der Waals surface area contributed by atoms with Crippen LogP contribution in [0.1, 0.15) is 24.0 Å². The first kappa shape index (κ1) is 17.9. The van der Waals surface area contributed by atoms with Crippen LogP contribution in [-0.2, 0) is 13.1 Å². The molecule has 6 heteroatoms. The second-order valence-electron chi connectivity index (χ2n) is 6.15. The Balaban J connectivity index is 0.00000192. The van der Waals surface area contributed by atoms with Crippen LogP contribution in [0.3, 0.4) is 0 Å². The van der Waals surface area contributed by atoms with Crippen LogP contribution in [-0.4, -0.2) is 34.3 Å². The van der Waals surface area contributed by atoms with Crippen molar-refractivity contribution in [2.75, 3.05) is 19.6 Å². The third kappa shape index (κ3) is 5.03. The second-order valence-corrected chi connectivity index (χ2v) is 6.15. The summed E-state index contributed by atoms with van der Waals surface area (Å²) in [5.41, 5.74) is 8.06. The van der Waals surface area contributed by atoms with Crippen LogP contribution >= 0.6 is 12.4 Å². The van der Waals surface area contributed by atoms with Crippen molar-refractivity contribution < 1.29 is 4.39 Å². The Morgan fingerprint density at radius 2 is 1.96 bits per heavy atom. The van der Waals surface area contributed by atoms with Crippen LogP contribution in [0.15, 0.2) is 36.7 Å².